The Kier molecular flexibility index (Phi) is 11.6. The maximum absolute atomic E-state index is 2.35. The Morgan fingerprint density at radius 2 is 0.469 bits per heavy atom. The van der Waals surface area contributed by atoms with Crippen molar-refractivity contribution in [3.63, 3.8) is 0 Å². The molecule has 0 atom stereocenters. The van der Waals surface area contributed by atoms with E-state index >= 15 is 0 Å². The molecule has 0 N–H and O–H groups in total. The van der Waals surface area contributed by atoms with E-state index in [1.807, 2.05) is 0 Å². The van der Waals surface area contributed by atoms with Crippen molar-refractivity contribution in [1.29, 1.82) is 0 Å². The van der Waals surface area contributed by atoms with Crippen LogP contribution < -0.4 is 19.6 Å². The average Bonchev–Trinajstić information content (AvgIpc) is 3.38. The first-order valence-corrected chi connectivity index (χ1v) is 22.0. The molecular weight excluding hydrogens is 777 g/mol. The molecule has 308 valence electrons. The summed E-state index contributed by atoms with van der Waals surface area (Å²) in [6, 6.07) is 88.5. The molecule has 0 unspecified atom stereocenters. The fourth-order valence-electron chi connectivity index (χ4n) is 8.55. The summed E-state index contributed by atoms with van der Waals surface area (Å²) in [5.74, 6) is 0. The molecule has 0 amide bonds. The molecule has 10 rings (SSSR count). The summed E-state index contributed by atoms with van der Waals surface area (Å²) < 4.78 is 0. The lowest BCUT2D eigenvalue weighted by molar-refractivity contribution is 0.997. The highest BCUT2D eigenvalue weighted by Crippen LogP contribution is 2.42. The third kappa shape index (κ3) is 8.58. The first-order valence-electron chi connectivity index (χ1n) is 22.0. The van der Waals surface area contributed by atoms with Gasteiger partial charge in [0, 0.05) is 68.3 Å². The minimum atomic E-state index is 1.03. The zero-order chi connectivity index (χ0) is 42.9. The van der Waals surface area contributed by atoms with Crippen molar-refractivity contribution < 1.29 is 0 Å². The molecule has 9 aromatic rings. The number of rotatable bonds is 13. The van der Waals surface area contributed by atoms with Gasteiger partial charge in [0.05, 0.1) is 0 Å². The summed E-state index contributed by atoms with van der Waals surface area (Å²) in [4.78, 5) is 9.31. The molecule has 0 radical (unpaired) electrons. The lowest BCUT2D eigenvalue weighted by Crippen LogP contribution is -2.16. The van der Waals surface area contributed by atoms with Gasteiger partial charge < -0.3 is 19.6 Å². The molecule has 0 fully saturated rings. The molecule has 1 aliphatic rings. The van der Waals surface area contributed by atoms with Crippen molar-refractivity contribution in [3.05, 3.63) is 273 Å². The third-order valence-electron chi connectivity index (χ3n) is 11.6. The Labute approximate surface area is 377 Å². The Hall–Kier alpha value is -8.34. The predicted octanol–water partition coefficient (Wildman–Crippen LogP) is 17.1. The number of nitrogens with zero attached hydrogens (tertiary/aromatic N) is 4. The van der Waals surface area contributed by atoms with E-state index < -0.39 is 0 Å². The van der Waals surface area contributed by atoms with Crippen LogP contribution >= 0.6 is 0 Å². The predicted molar refractivity (Wildman–Crippen MR) is 271 cm³/mol. The number of hydrogen-bond acceptors (Lipinski definition) is 4. The fraction of sp³-hybridized carbons (Fsp3) is 0.0333. The van der Waals surface area contributed by atoms with Crippen LogP contribution in [0.2, 0.25) is 0 Å². The first kappa shape index (κ1) is 39.8. The van der Waals surface area contributed by atoms with E-state index in [2.05, 4.69) is 287 Å². The van der Waals surface area contributed by atoms with Gasteiger partial charge in [-0.05, 0) is 164 Å². The normalized spacial score (nSPS) is 12.0. The van der Waals surface area contributed by atoms with E-state index in [-0.39, 0.29) is 0 Å². The Bertz CT molecular complexity index is 2890. The van der Waals surface area contributed by atoms with Crippen molar-refractivity contribution in [1.82, 2.24) is 0 Å². The van der Waals surface area contributed by atoms with Gasteiger partial charge in [0.15, 0.2) is 0 Å². The highest BCUT2D eigenvalue weighted by atomic mass is 15.2. The Morgan fingerprint density at radius 1 is 0.219 bits per heavy atom. The van der Waals surface area contributed by atoms with Crippen LogP contribution in [0, 0.1) is 0 Å². The van der Waals surface area contributed by atoms with Gasteiger partial charge in [0.25, 0.3) is 0 Å². The van der Waals surface area contributed by atoms with Crippen molar-refractivity contribution in [2.75, 3.05) is 19.6 Å². The van der Waals surface area contributed by atoms with Crippen molar-refractivity contribution in [2.24, 2.45) is 0 Å². The van der Waals surface area contributed by atoms with Crippen LogP contribution in [-0.4, -0.2) is 0 Å². The summed E-state index contributed by atoms with van der Waals surface area (Å²) in [6.45, 7) is 0. The lowest BCUT2D eigenvalue weighted by Gasteiger charge is -2.30. The lowest BCUT2D eigenvalue weighted by atomic mass is 10.0. The third-order valence-corrected chi connectivity index (χ3v) is 11.6. The first-order chi connectivity index (χ1) is 31.8. The van der Waals surface area contributed by atoms with Gasteiger partial charge in [-0.25, -0.2) is 0 Å². The molecule has 0 heterocycles. The van der Waals surface area contributed by atoms with Gasteiger partial charge >= 0.3 is 0 Å². The number of benzene rings is 9. The quantitative estimate of drug-likeness (QED) is 0.115. The van der Waals surface area contributed by atoms with Crippen LogP contribution in [-0.2, 0) is 0 Å². The second-order valence-corrected chi connectivity index (χ2v) is 15.8. The summed E-state index contributed by atoms with van der Waals surface area (Å²) in [5.41, 5.74) is 15.6. The molecule has 0 bridgehead atoms. The monoisotopic (exact) mass is 824 g/mol. The molecule has 0 aromatic heterocycles. The van der Waals surface area contributed by atoms with Crippen molar-refractivity contribution in [2.45, 2.75) is 12.8 Å². The summed E-state index contributed by atoms with van der Waals surface area (Å²) in [5, 5.41) is 0. The van der Waals surface area contributed by atoms with Gasteiger partial charge in [-0.2, -0.15) is 0 Å². The minimum Gasteiger partial charge on any atom is -0.311 e. The van der Waals surface area contributed by atoms with Crippen LogP contribution in [0.1, 0.15) is 12.8 Å². The molecule has 9 aromatic carbocycles. The Balaban J connectivity index is 1.02. The van der Waals surface area contributed by atoms with Gasteiger partial charge in [0.2, 0.25) is 0 Å². The summed E-state index contributed by atoms with van der Waals surface area (Å²) in [6.07, 6.45) is 8.94. The largest absolute Gasteiger partial charge is 0.311 e. The second-order valence-electron chi connectivity index (χ2n) is 15.8. The van der Waals surface area contributed by atoms with Crippen molar-refractivity contribution >= 4 is 62.6 Å². The molecule has 0 spiro atoms. The van der Waals surface area contributed by atoms with E-state index in [9.17, 15) is 0 Å². The number of para-hydroxylation sites is 4. The van der Waals surface area contributed by atoms with Crippen molar-refractivity contribution in [3.8, 4) is 11.1 Å². The van der Waals surface area contributed by atoms with Crippen LogP contribution in [0.5, 0.6) is 0 Å². The minimum absolute atomic E-state index is 1.03. The fourth-order valence-corrected chi connectivity index (χ4v) is 8.55. The topological polar surface area (TPSA) is 13.0 Å². The molecule has 4 heteroatoms. The van der Waals surface area contributed by atoms with Crippen LogP contribution in [0.25, 0.3) is 11.1 Å². The molecule has 0 aliphatic heterocycles. The van der Waals surface area contributed by atoms with E-state index in [1.54, 1.807) is 0 Å². The SMILES string of the molecule is C1=CC(N(c2ccccc2)c2ccc(N(c3ccc(-c4ccccc4)cc3)c3ccc(N(c4ccccc4)c4ccc(N(c5ccccc5)c5ccccc5)cc4)cc3)cc2)=CCC1. The van der Waals surface area contributed by atoms with Crippen LogP contribution in [0.15, 0.2) is 273 Å². The maximum atomic E-state index is 2.35. The maximum Gasteiger partial charge on any atom is 0.0463 e. The van der Waals surface area contributed by atoms with E-state index in [0.29, 0.717) is 0 Å². The van der Waals surface area contributed by atoms with Gasteiger partial charge in [-0.1, -0.05) is 127 Å². The summed E-state index contributed by atoms with van der Waals surface area (Å²) in [7, 11) is 0. The van der Waals surface area contributed by atoms with Gasteiger partial charge in [-0.15, -0.1) is 0 Å². The number of hydrogen-bond donors (Lipinski definition) is 0. The van der Waals surface area contributed by atoms with E-state index in [4.69, 9.17) is 0 Å². The van der Waals surface area contributed by atoms with Gasteiger partial charge in [0.1, 0.15) is 0 Å². The van der Waals surface area contributed by atoms with Crippen LogP contribution in [0.4, 0.5) is 62.6 Å². The van der Waals surface area contributed by atoms with E-state index in [1.165, 1.54) is 16.8 Å². The second kappa shape index (κ2) is 18.7. The standard InChI is InChI=1S/C60H48N4/c1-7-19-47(20-8-1)48-31-33-54(34-32-48)64(59-43-37-56(38-44-59)62(51-25-13-4-14-26-51)52-27-15-5-16-28-52)60-45-41-58(42-46-60)63(53-29-17-6-18-30-53)57-39-35-55(36-40-57)61(49-21-9-2-10-22-49)50-23-11-3-12-24-50/h1-4,6-15,17-46H,5,16H2. The molecule has 0 saturated heterocycles. The van der Waals surface area contributed by atoms with E-state index in [0.717, 1.165) is 75.4 Å². The molecule has 1 aliphatic carbocycles. The molecule has 64 heavy (non-hydrogen) atoms. The van der Waals surface area contributed by atoms with Gasteiger partial charge in [-0.3, -0.25) is 0 Å². The van der Waals surface area contributed by atoms with Crippen LogP contribution in [0.3, 0.4) is 0 Å². The molecule has 4 nitrogen and oxygen atoms in total. The zero-order valence-electron chi connectivity index (χ0n) is 35.6. The molecular formula is C60H48N4. The Morgan fingerprint density at radius 3 is 0.781 bits per heavy atom. The zero-order valence-corrected chi connectivity index (χ0v) is 35.6. The highest BCUT2D eigenvalue weighted by molar-refractivity contribution is 5.84. The summed E-state index contributed by atoms with van der Waals surface area (Å²) >= 11 is 0. The highest BCUT2D eigenvalue weighted by Gasteiger charge is 2.20. The average molecular weight is 825 g/mol. The molecule has 0 saturated carbocycles. The smallest absolute Gasteiger partial charge is 0.0463 e. The number of allylic oxidation sites excluding steroid dienone is 3. The number of anilines is 11.